The van der Waals surface area contributed by atoms with Crippen LogP contribution in [0.15, 0.2) is 47.8 Å². The van der Waals surface area contributed by atoms with Crippen molar-refractivity contribution < 1.29 is 9.53 Å². The lowest BCUT2D eigenvalue weighted by Gasteiger charge is -2.15. The molecule has 0 aliphatic rings. The number of hydrogen-bond donors (Lipinski definition) is 1. The number of carbonyl (C=O) groups excluding carboxylic acids is 1. The van der Waals surface area contributed by atoms with Crippen LogP contribution in [0.1, 0.15) is 23.7 Å². The molecule has 0 aliphatic heterocycles. The average molecular weight is 413 g/mol. The maximum atomic E-state index is 12.6. The van der Waals surface area contributed by atoms with Crippen molar-refractivity contribution in [3.63, 3.8) is 0 Å². The first-order valence-corrected chi connectivity index (χ1v) is 11.0. The fourth-order valence-electron chi connectivity index (χ4n) is 2.76. The molecule has 3 aromatic rings. The summed E-state index contributed by atoms with van der Waals surface area (Å²) in [5.41, 5.74) is 5.13. The number of thiazole rings is 1. The summed E-state index contributed by atoms with van der Waals surface area (Å²) in [5, 5.41) is 5.94. The van der Waals surface area contributed by atoms with Crippen LogP contribution in [0.2, 0.25) is 0 Å². The largest absolute Gasteiger partial charge is 0.497 e. The fraction of sp³-hybridized carbons (Fsp3) is 0.273. The molecule has 0 aliphatic carbocycles. The summed E-state index contributed by atoms with van der Waals surface area (Å²) in [6.07, 6.45) is 0. The van der Waals surface area contributed by atoms with Crippen LogP contribution in [0.5, 0.6) is 5.75 Å². The number of nitrogens with one attached hydrogen (secondary N) is 1. The summed E-state index contributed by atoms with van der Waals surface area (Å²) in [6.45, 7) is 5.96. The van der Waals surface area contributed by atoms with E-state index in [4.69, 9.17) is 9.72 Å². The number of ether oxygens (including phenoxy) is 1. The highest BCUT2D eigenvalue weighted by Crippen LogP contribution is 2.28. The molecule has 0 spiro atoms. The molecule has 0 bridgehead atoms. The van der Waals surface area contributed by atoms with E-state index in [1.54, 1.807) is 30.2 Å². The van der Waals surface area contributed by atoms with E-state index in [-0.39, 0.29) is 11.2 Å². The topological polar surface area (TPSA) is 51.2 Å². The Morgan fingerprint density at radius 1 is 1.18 bits per heavy atom. The zero-order valence-corrected chi connectivity index (χ0v) is 18.1. The number of aromatic nitrogens is 1. The van der Waals surface area contributed by atoms with Gasteiger partial charge in [-0.2, -0.15) is 0 Å². The van der Waals surface area contributed by atoms with Crippen LogP contribution >= 0.6 is 23.1 Å². The number of para-hydroxylation sites is 1. The monoisotopic (exact) mass is 412 g/mol. The Morgan fingerprint density at radius 2 is 1.86 bits per heavy atom. The molecule has 3 rings (SSSR count). The Bertz CT molecular complexity index is 931. The molecule has 0 saturated heterocycles. The van der Waals surface area contributed by atoms with E-state index in [1.165, 1.54) is 0 Å². The van der Waals surface area contributed by atoms with Gasteiger partial charge in [0.1, 0.15) is 10.8 Å². The number of aryl methyl sites for hydroxylation is 2. The first kappa shape index (κ1) is 20.4. The molecular weight excluding hydrogens is 388 g/mol. The van der Waals surface area contributed by atoms with Crippen molar-refractivity contribution in [3.8, 4) is 16.3 Å². The molecule has 1 heterocycles. The Labute approximate surface area is 174 Å². The van der Waals surface area contributed by atoms with Crippen molar-refractivity contribution in [2.75, 3.05) is 12.4 Å². The predicted octanol–water partition coefficient (Wildman–Crippen LogP) is 5.70. The van der Waals surface area contributed by atoms with E-state index >= 15 is 0 Å². The van der Waals surface area contributed by atoms with E-state index in [2.05, 4.69) is 10.7 Å². The minimum absolute atomic E-state index is 0.0213. The second-order valence-corrected chi connectivity index (χ2v) is 8.77. The maximum absolute atomic E-state index is 12.6. The van der Waals surface area contributed by atoms with E-state index in [9.17, 15) is 4.79 Å². The third-order valence-electron chi connectivity index (χ3n) is 4.47. The lowest BCUT2D eigenvalue weighted by Crippen LogP contribution is -2.23. The van der Waals surface area contributed by atoms with Gasteiger partial charge in [0.15, 0.2) is 0 Å². The number of hydrogen-bond acceptors (Lipinski definition) is 5. The summed E-state index contributed by atoms with van der Waals surface area (Å²) in [5.74, 6) is 1.56. The smallest absolute Gasteiger partial charge is 0.237 e. The third kappa shape index (κ3) is 4.94. The fourth-order valence-corrected chi connectivity index (χ4v) is 4.47. The molecule has 2 aromatic carbocycles. The van der Waals surface area contributed by atoms with Crippen LogP contribution in [0.3, 0.4) is 0 Å². The van der Waals surface area contributed by atoms with Gasteiger partial charge in [0.05, 0.1) is 18.1 Å². The summed E-state index contributed by atoms with van der Waals surface area (Å²) in [7, 11) is 1.66. The molecule has 0 fully saturated rings. The zero-order chi connectivity index (χ0) is 20.1. The number of carbonyl (C=O) groups is 1. The summed E-state index contributed by atoms with van der Waals surface area (Å²) in [6, 6.07) is 13.9. The highest BCUT2D eigenvalue weighted by atomic mass is 32.2. The van der Waals surface area contributed by atoms with Crippen molar-refractivity contribution in [1.29, 1.82) is 0 Å². The number of anilines is 1. The maximum Gasteiger partial charge on any atom is 0.237 e. The standard InChI is InChI=1S/C22H24N2O2S2/c1-14-6-5-7-15(2)20(14)24-21(25)16(3)27-12-18-13-28-22(23-18)17-8-10-19(26-4)11-9-17/h5-11,13,16H,12H2,1-4H3,(H,24,25)/t16-/m1/s1. The minimum atomic E-state index is -0.162. The van der Waals surface area contributed by atoms with Gasteiger partial charge in [0, 0.05) is 22.4 Å². The lowest BCUT2D eigenvalue weighted by atomic mass is 10.1. The van der Waals surface area contributed by atoms with Gasteiger partial charge in [-0.05, 0) is 56.2 Å². The molecule has 146 valence electrons. The molecule has 28 heavy (non-hydrogen) atoms. The third-order valence-corrected chi connectivity index (χ3v) is 6.59. The van der Waals surface area contributed by atoms with Crippen molar-refractivity contribution in [1.82, 2.24) is 4.98 Å². The van der Waals surface area contributed by atoms with E-state index in [0.29, 0.717) is 5.75 Å². The zero-order valence-electron chi connectivity index (χ0n) is 16.5. The normalized spacial score (nSPS) is 11.9. The predicted molar refractivity (Wildman–Crippen MR) is 119 cm³/mol. The van der Waals surface area contributed by atoms with E-state index in [1.807, 2.05) is 63.2 Å². The SMILES string of the molecule is COc1ccc(-c2nc(CS[C@H](C)C(=O)Nc3c(C)cccc3C)cs2)cc1. The van der Waals surface area contributed by atoms with Crippen LogP contribution in [-0.4, -0.2) is 23.3 Å². The number of benzene rings is 2. The highest BCUT2D eigenvalue weighted by Gasteiger charge is 2.16. The van der Waals surface area contributed by atoms with Crippen LogP contribution in [-0.2, 0) is 10.5 Å². The summed E-state index contributed by atoms with van der Waals surface area (Å²) in [4.78, 5) is 17.3. The van der Waals surface area contributed by atoms with Crippen molar-refractivity contribution in [2.45, 2.75) is 31.8 Å². The molecule has 1 atom stereocenters. The molecule has 1 aromatic heterocycles. The number of amides is 1. The molecule has 6 heteroatoms. The lowest BCUT2D eigenvalue weighted by molar-refractivity contribution is -0.115. The molecule has 0 unspecified atom stereocenters. The van der Waals surface area contributed by atoms with Gasteiger partial charge in [-0.1, -0.05) is 18.2 Å². The minimum Gasteiger partial charge on any atom is -0.497 e. The van der Waals surface area contributed by atoms with Gasteiger partial charge >= 0.3 is 0 Å². The Balaban J connectivity index is 1.58. The van der Waals surface area contributed by atoms with Crippen LogP contribution in [0, 0.1) is 13.8 Å². The van der Waals surface area contributed by atoms with E-state index in [0.717, 1.165) is 38.8 Å². The van der Waals surface area contributed by atoms with Crippen molar-refractivity contribution >= 4 is 34.7 Å². The molecule has 1 N–H and O–H groups in total. The molecular formula is C22H24N2O2S2. The Morgan fingerprint density at radius 3 is 2.50 bits per heavy atom. The number of nitrogens with zero attached hydrogens (tertiary/aromatic N) is 1. The molecule has 0 saturated carbocycles. The van der Waals surface area contributed by atoms with Gasteiger partial charge in [0.25, 0.3) is 0 Å². The second-order valence-electron chi connectivity index (χ2n) is 6.58. The summed E-state index contributed by atoms with van der Waals surface area (Å²) >= 11 is 3.21. The number of rotatable bonds is 7. The number of thioether (sulfide) groups is 1. The average Bonchev–Trinajstić information content (AvgIpc) is 3.18. The number of methoxy groups -OCH3 is 1. The van der Waals surface area contributed by atoms with Gasteiger partial charge in [-0.15, -0.1) is 23.1 Å². The first-order valence-electron chi connectivity index (χ1n) is 9.05. The first-order chi connectivity index (χ1) is 13.5. The van der Waals surface area contributed by atoms with Crippen molar-refractivity contribution in [2.24, 2.45) is 0 Å². The molecule has 4 nitrogen and oxygen atoms in total. The Hall–Kier alpha value is -2.31. The van der Waals surface area contributed by atoms with Crippen molar-refractivity contribution in [3.05, 3.63) is 64.7 Å². The quantitative estimate of drug-likeness (QED) is 0.541. The van der Waals surface area contributed by atoms with Gasteiger partial charge in [0.2, 0.25) is 5.91 Å². The van der Waals surface area contributed by atoms with Crippen LogP contribution in [0.4, 0.5) is 5.69 Å². The van der Waals surface area contributed by atoms with Crippen LogP contribution in [0.25, 0.3) is 10.6 Å². The highest BCUT2D eigenvalue weighted by molar-refractivity contribution is 7.99. The van der Waals surface area contributed by atoms with E-state index < -0.39 is 0 Å². The summed E-state index contributed by atoms with van der Waals surface area (Å²) < 4.78 is 5.20. The van der Waals surface area contributed by atoms with Crippen LogP contribution < -0.4 is 10.1 Å². The van der Waals surface area contributed by atoms with Gasteiger partial charge in [-0.25, -0.2) is 4.98 Å². The second kappa shape index (κ2) is 9.26. The van der Waals surface area contributed by atoms with Gasteiger partial charge < -0.3 is 10.1 Å². The Kier molecular flexibility index (Phi) is 6.75. The molecule has 1 amide bonds. The molecule has 0 radical (unpaired) electrons. The van der Waals surface area contributed by atoms with Gasteiger partial charge in [-0.3, -0.25) is 4.79 Å².